The van der Waals surface area contributed by atoms with Gasteiger partial charge in [0, 0.05) is 25.6 Å². The normalized spacial score (nSPS) is 25.8. The molecule has 2 aliphatic rings. The van der Waals surface area contributed by atoms with Gasteiger partial charge in [0.1, 0.15) is 5.82 Å². The fraction of sp³-hybridized carbons (Fsp3) is 0.538. The van der Waals surface area contributed by atoms with Crippen LogP contribution in [0.2, 0.25) is 5.28 Å². The zero-order valence-corrected chi connectivity index (χ0v) is 12.1. The minimum Gasteiger partial charge on any atom is -0.355 e. The highest BCUT2D eigenvalue weighted by atomic mass is 35.5. The van der Waals surface area contributed by atoms with E-state index in [-0.39, 0.29) is 11.2 Å². The van der Waals surface area contributed by atoms with E-state index in [0.29, 0.717) is 24.0 Å². The molecule has 0 saturated carbocycles. The summed E-state index contributed by atoms with van der Waals surface area (Å²) in [5.74, 6) is 1.47. The van der Waals surface area contributed by atoms with Gasteiger partial charge in [-0.1, -0.05) is 0 Å². The van der Waals surface area contributed by atoms with Crippen molar-refractivity contribution >= 4 is 34.4 Å². The number of aromatic amines is 1. The number of piperidine rings is 2. The fourth-order valence-electron chi connectivity index (χ4n) is 3.34. The van der Waals surface area contributed by atoms with E-state index in [0.717, 1.165) is 37.1 Å². The number of halogens is 1. The predicted molar refractivity (Wildman–Crippen MR) is 78.2 cm³/mol. The molecule has 1 amide bonds. The summed E-state index contributed by atoms with van der Waals surface area (Å²) in [5, 5.41) is 11.1. The Morgan fingerprint density at radius 2 is 2.24 bits per heavy atom. The molecule has 2 aliphatic heterocycles. The number of carbonyl (C=O) groups excluding carboxylic acids is 1. The van der Waals surface area contributed by atoms with Crippen molar-refractivity contribution in [1.82, 2.24) is 25.5 Å². The summed E-state index contributed by atoms with van der Waals surface area (Å²) < 4.78 is 0. The van der Waals surface area contributed by atoms with E-state index in [1.54, 1.807) is 6.20 Å². The molecule has 110 valence electrons. The first-order valence-corrected chi connectivity index (χ1v) is 7.49. The lowest BCUT2D eigenvalue weighted by atomic mass is 9.85. The number of fused-ring (bicyclic) bond motifs is 2. The minimum atomic E-state index is 0.173. The first-order chi connectivity index (χ1) is 10.2. The molecule has 7 nitrogen and oxygen atoms in total. The van der Waals surface area contributed by atoms with Crippen molar-refractivity contribution in [2.75, 3.05) is 18.0 Å². The monoisotopic (exact) mass is 306 g/mol. The van der Waals surface area contributed by atoms with E-state index in [1.807, 2.05) is 0 Å². The highest BCUT2D eigenvalue weighted by Crippen LogP contribution is 2.31. The summed E-state index contributed by atoms with van der Waals surface area (Å²) in [6, 6.07) is 0.291. The van der Waals surface area contributed by atoms with Gasteiger partial charge in [0.15, 0.2) is 5.65 Å². The van der Waals surface area contributed by atoms with Crippen LogP contribution in [-0.4, -0.2) is 45.2 Å². The van der Waals surface area contributed by atoms with Crippen molar-refractivity contribution in [1.29, 1.82) is 0 Å². The van der Waals surface area contributed by atoms with Gasteiger partial charge < -0.3 is 10.2 Å². The third-order valence-corrected chi connectivity index (χ3v) is 4.55. The van der Waals surface area contributed by atoms with Gasteiger partial charge >= 0.3 is 0 Å². The molecular formula is C13H15ClN6O. The lowest BCUT2D eigenvalue weighted by Crippen LogP contribution is -2.54. The molecular weight excluding hydrogens is 292 g/mol. The average Bonchev–Trinajstić information content (AvgIpc) is 2.94. The zero-order chi connectivity index (χ0) is 14.4. The number of rotatable bonds is 1. The van der Waals surface area contributed by atoms with Gasteiger partial charge in [-0.05, 0) is 30.4 Å². The molecule has 0 aliphatic carbocycles. The van der Waals surface area contributed by atoms with E-state index in [1.165, 1.54) is 0 Å². The fourth-order valence-corrected chi connectivity index (χ4v) is 3.50. The first-order valence-electron chi connectivity index (χ1n) is 7.11. The molecule has 21 heavy (non-hydrogen) atoms. The molecule has 0 radical (unpaired) electrons. The Balaban J connectivity index is 1.64. The number of carbonyl (C=O) groups is 1. The molecule has 2 aromatic rings. The first kappa shape index (κ1) is 12.8. The standard InChI is InChI=1S/C13H15ClN6O/c14-13-17-11-8(5-15-19-11)12(18-13)20-4-3-9-7(6-20)1-2-10(21)16-9/h5,7,9H,1-4,6H2,(H,16,21)(H,15,17,18,19). The summed E-state index contributed by atoms with van der Waals surface area (Å²) in [5.41, 5.74) is 0.657. The minimum absolute atomic E-state index is 0.173. The number of hydrogen-bond donors (Lipinski definition) is 2. The molecule has 4 heterocycles. The van der Waals surface area contributed by atoms with Crippen LogP contribution in [0.1, 0.15) is 19.3 Å². The van der Waals surface area contributed by atoms with Crippen molar-refractivity contribution in [3.63, 3.8) is 0 Å². The molecule has 8 heteroatoms. The van der Waals surface area contributed by atoms with E-state index in [2.05, 4.69) is 30.4 Å². The van der Waals surface area contributed by atoms with E-state index in [9.17, 15) is 4.79 Å². The Morgan fingerprint density at radius 3 is 3.14 bits per heavy atom. The molecule has 0 bridgehead atoms. The summed E-state index contributed by atoms with van der Waals surface area (Å²) in [4.78, 5) is 22.2. The number of anilines is 1. The maximum absolute atomic E-state index is 11.5. The Bertz CT molecular complexity index is 701. The van der Waals surface area contributed by atoms with Gasteiger partial charge in [-0.15, -0.1) is 0 Å². The van der Waals surface area contributed by atoms with Crippen LogP contribution in [0.15, 0.2) is 6.20 Å². The highest BCUT2D eigenvalue weighted by molar-refractivity contribution is 6.28. The van der Waals surface area contributed by atoms with Gasteiger partial charge in [0.25, 0.3) is 0 Å². The average molecular weight is 307 g/mol. The Hall–Kier alpha value is -1.89. The molecule has 2 saturated heterocycles. The summed E-state index contributed by atoms with van der Waals surface area (Å²) in [6.45, 7) is 1.72. The maximum atomic E-state index is 11.5. The molecule has 2 N–H and O–H groups in total. The Labute approximate surface area is 126 Å². The lowest BCUT2D eigenvalue weighted by Gasteiger charge is -2.41. The molecule has 2 atom stereocenters. The van der Waals surface area contributed by atoms with Crippen molar-refractivity contribution in [3.8, 4) is 0 Å². The summed E-state index contributed by atoms with van der Waals surface area (Å²) in [7, 11) is 0. The van der Waals surface area contributed by atoms with Crippen molar-refractivity contribution in [2.45, 2.75) is 25.3 Å². The SMILES string of the molecule is O=C1CCC2CN(c3nc(Cl)nc4[nH]ncc34)CCC2N1. The highest BCUT2D eigenvalue weighted by Gasteiger charge is 2.34. The van der Waals surface area contributed by atoms with Gasteiger partial charge in [0.05, 0.1) is 11.6 Å². The van der Waals surface area contributed by atoms with Gasteiger partial charge in [-0.3, -0.25) is 9.89 Å². The summed E-state index contributed by atoms with van der Waals surface area (Å²) in [6.07, 6.45) is 4.20. The Morgan fingerprint density at radius 1 is 1.33 bits per heavy atom. The second-order valence-electron chi connectivity index (χ2n) is 5.66. The number of H-pyrrole nitrogens is 1. The predicted octanol–water partition coefficient (Wildman–Crippen LogP) is 1.11. The lowest BCUT2D eigenvalue weighted by molar-refractivity contribution is -0.124. The summed E-state index contributed by atoms with van der Waals surface area (Å²) >= 11 is 6.00. The number of aromatic nitrogens is 4. The molecule has 2 aromatic heterocycles. The van der Waals surface area contributed by atoms with Crippen molar-refractivity contribution < 1.29 is 4.79 Å². The number of nitrogens with zero attached hydrogens (tertiary/aromatic N) is 4. The number of hydrogen-bond acceptors (Lipinski definition) is 5. The van der Waals surface area contributed by atoms with E-state index < -0.39 is 0 Å². The van der Waals surface area contributed by atoms with Gasteiger partial charge in [-0.2, -0.15) is 15.1 Å². The van der Waals surface area contributed by atoms with Crippen LogP contribution >= 0.6 is 11.6 Å². The largest absolute Gasteiger partial charge is 0.355 e. The second kappa shape index (κ2) is 4.84. The number of amides is 1. The van der Waals surface area contributed by atoms with Crippen molar-refractivity contribution in [3.05, 3.63) is 11.5 Å². The van der Waals surface area contributed by atoms with Crippen LogP contribution in [0.4, 0.5) is 5.82 Å². The topological polar surface area (TPSA) is 86.8 Å². The maximum Gasteiger partial charge on any atom is 0.226 e. The smallest absolute Gasteiger partial charge is 0.226 e. The van der Waals surface area contributed by atoms with Crippen LogP contribution in [-0.2, 0) is 4.79 Å². The van der Waals surface area contributed by atoms with E-state index in [4.69, 9.17) is 11.6 Å². The van der Waals surface area contributed by atoms with Crippen LogP contribution in [0.3, 0.4) is 0 Å². The quantitative estimate of drug-likeness (QED) is 0.771. The third-order valence-electron chi connectivity index (χ3n) is 4.38. The Kier molecular flexibility index (Phi) is 2.95. The van der Waals surface area contributed by atoms with E-state index >= 15 is 0 Å². The van der Waals surface area contributed by atoms with Gasteiger partial charge in [0.2, 0.25) is 11.2 Å². The van der Waals surface area contributed by atoms with Crippen LogP contribution in [0.5, 0.6) is 0 Å². The van der Waals surface area contributed by atoms with Crippen LogP contribution in [0.25, 0.3) is 11.0 Å². The van der Waals surface area contributed by atoms with Crippen LogP contribution < -0.4 is 10.2 Å². The second-order valence-corrected chi connectivity index (χ2v) is 5.99. The third kappa shape index (κ3) is 2.21. The van der Waals surface area contributed by atoms with Crippen molar-refractivity contribution in [2.24, 2.45) is 5.92 Å². The number of nitrogens with one attached hydrogen (secondary N) is 2. The molecule has 0 aromatic carbocycles. The van der Waals surface area contributed by atoms with Crippen LogP contribution in [0, 0.1) is 5.92 Å². The molecule has 4 rings (SSSR count). The molecule has 2 fully saturated rings. The van der Waals surface area contributed by atoms with Gasteiger partial charge in [-0.25, -0.2) is 0 Å². The zero-order valence-electron chi connectivity index (χ0n) is 11.3. The molecule has 2 unspecified atom stereocenters. The molecule has 0 spiro atoms.